The van der Waals surface area contributed by atoms with Crippen molar-refractivity contribution in [3.63, 3.8) is 0 Å². The molecule has 10 heteroatoms. The minimum absolute atomic E-state index is 0.0472. The van der Waals surface area contributed by atoms with Crippen molar-refractivity contribution in [1.29, 1.82) is 0 Å². The van der Waals surface area contributed by atoms with Crippen LogP contribution in [0, 0.1) is 6.92 Å². The number of nitrogens with zero attached hydrogens (tertiary/aromatic N) is 2. The number of aromatic amines is 2. The van der Waals surface area contributed by atoms with Gasteiger partial charge >= 0.3 is 5.69 Å². The van der Waals surface area contributed by atoms with E-state index in [1.54, 1.807) is 6.92 Å². The van der Waals surface area contributed by atoms with Gasteiger partial charge in [-0.05, 0) is 12.5 Å². The van der Waals surface area contributed by atoms with E-state index in [-0.39, 0.29) is 10.6 Å². The van der Waals surface area contributed by atoms with E-state index in [1.165, 1.54) is 10.9 Å². The molecule has 3 rings (SSSR count). The number of rotatable bonds is 5. The van der Waals surface area contributed by atoms with Crippen LogP contribution in [0.3, 0.4) is 0 Å². The van der Waals surface area contributed by atoms with Crippen molar-refractivity contribution in [3.05, 3.63) is 74.8 Å². The first-order valence-corrected chi connectivity index (χ1v) is 8.76. The smallest absolute Gasteiger partial charge is 0.312 e. The molecule has 130 valence electrons. The van der Waals surface area contributed by atoms with E-state index in [0.717, 1.165) is 11.8 Å². The van der Waals surface area contributed by atoms with Gasteiger partial charge in [-0.2, -0.15) is 5.10 Å². The van der Waals surface area contributed by atoms with Crippen LogP contribution in [0.25, 0.3) is 0 Å². The SMILES string of the molecule is Cc1nn(Cc2ccccc2)cc1S(=O)(=O)Nc1c[nH]c(=O)[nH]c1=O. The van der Waals surface area contributed by atoms with Gasteiger partial charge in [-0.3, -0.25) is 19.2 Å². The maximum atomic E-state index is 12.5. The number of aryl methyl sites for hydroxylation is 1. The lowest BCUT2D eigenvalue weighted by Gasteiger charge is -2.05. The lowest BCUT2D eigenvalue weighted by molar-refractivity contribution is 0.600. The van der Waals surface area contributed by atoms with Gasteiger partial charge in [0, 0.05) is 12.4 Å². The van der Waals surface area contributed by atoms with Crippen molar-refractivity contribution in [2.24, 2.45) is 0 Å². The normalized spacial score (nSPS) is 11.4. The van der Waals surface area contributed by atoms with Crippen LogP contribution in [-0.2, 0) is 16.6 Å². The van der Waals surface area contributed by atoms with Gasteiger partial charge in [0.05, 0.1) is 12.2 Å². The first kappa shape index (κ1) is 16.7. The van der Waals surface area contributed by atoms with Gasteiger partial charge in [-0.1, -0.05) is 30.3 Å². The van der Waals surface area contributed by atoms with E-state index in [9.17, 15) is 18.0 Å². The summed E-state index contributed by atoms with van der Waals surface area (Å²) >= 11 is 0. The van der Waals surface area contributed by atoms with Gasteiger partial charge < -0.3 is 4.98 Å². The molecule has 0 aliphatic carbocycles. The Labute approximate surface area is 142 Å². The molecule has 0 spiro atoms. The van der Waals surface area contributed by atoms with Crippen molar-refractivity contribution in [2.75, 3.05) is 4.72 Å². The van der Waals surface area contributed by atoms with E-state index in [0.29, 0.717) is 12.2 Å². The van der Waals surface area contributed by atoms with Crippen molar-refractivity contribution in [1.82, 2.24) is 19.7 Å². The summed E-state index contributed by atoms with van der Waals surface area (Å²) in [5, 5.41) is 4.20. The molecule has 0 atom stereocenters. The van der Waals surface area contributed by atoms with Crippen LogP contribution < -0.4 is 16.0 Å². The summed E-state index contributed by atoms with van der Waals surface area (Å²) in [6.07, 6.45) is 2.40. The van der Waals surface area contributed by atoms with Crippen molar-refractivity contribution < 1.29 is 8.42 Å². The second kappa shape index (κ2) is 6.40. The first-order valence-electron chi connectivity index (χ1n) is 7.28. The molecule has 1 aromatic carbocycles. The van der Waals surface area contributed by atoms with E-state index in [1.807, 2.05) is 35.3 Å². The maximum absolute atomic E-state index is 12.5. The molecule has 0 saturated carbocycles. The topological polar surface area (TPSA) is 130 Å². The molecule has 9 nitrogen and oxygen atoms in total. The average molecular weight is 361 g/mol. The first-order chi connectivity index (χ1) is 11.8. The lowest BCUT2D eigenvalue weighted by Crippen LogP contribution is -2.26. The Balaban J connectivity index is 1.90. The largest absolute Gasteiger partial charge is 0.325 e. The Morgan fingerprint density at radius 2 is 1.92 bits per heavy atom. The van der Waals surface area contributed by atoms with E-state index >= 15 is 0 Å². The summed E-state index contributed by atoms with van der Waals surface area (Å²) in [7, 11) is -4.03. The third-order valence-corrected chi connectivity index (χ3v) is 4.91. The molecule has 0 fully saturated rings. The summed E-state index contributed by atoms with van der Waals surface area (Å²) in [4.78, 5) is 26.8. The fraction of sp³-hybridized carbons (Fsp3) is 0.133. The number of nitrogens with one attached hydrogen (secondary N) is 3. The zero-order chi connectivity index (χ0) is 18.0. The second-order valence-electron chi connectivity index (χ2n) is 5.35. The Bertz CT molecular complexity index is 1110. The predicted molar refractivity (Wildman–Crippen MR) is 91.0 cm³/mol. The number of H-pyrrole nitrogens is 2. The van der Waals surface area contributed by atoms with Gasteiger partial charge in [0.15, 0.2) is 0 Å². The van der Waals surface area contributed by atoms with Crippen LogP contribution >= 0.6 is 0 Å². The highest BCUT2D eigenvalue weighted by atomic mass is 32.2. The molecular weight excluding hydrogens is 346 g/mol. The highest BCUT2D eigenvalue weighted by Gasteiger charge is 2.21. The highest BCUT2D eigenvalue weighted by molar-refractivity contribution is 7.92. The molecule has 0 unspecified atom stereocenters. The molecule has 2 heterocycles. The number of sulfonamides is 1. The minimum Gasteiger partial charge on any atom is -0.312 e. The predicted octanol–water partition coefficient (Wildman–Crippen LogP) is 0.417. The molecule has 0 aliphatic rings. The third-order valence-electron chi connectivity index (χ3n) is 3.44. The van der Waals surface area contributed by atoms with Crippen molar-refractivity contribution in [3.8, 4) is 0 Å². The fourth-order valence-corrected chi connectivity index (χ4v) is 3.54. The number of benzene rings is 1. The molecular formula is C15H15N5O4S. The monoisotopic (exact) mass is 361 g/mol. The van der Waals surface area contributed by atoms with Crippen LogP contribution in [0.1, 0.15) is 11.3 Å². The minimum atomic E-state index is -4.03. The molecule has 0 amide bonds. The molecule has 3 N–H and O–H groups in total. The number of anilines is 1. The average Bonchev–Trinajstić information content (AvgIpc) is 2.92. The van der Waals surface area contributed by atoms with Gasteiger partial charge in [0.25, 0.3) is 15.6 Å². The highest BCUT2D eigenvalue weighted by Crippen LogP contribution is 2.17. The third kappa shape index (κ3) is 3.69. The van der Waals surface area contributed by atoms with Crippen LogP contribution in [-0.4, -0.2) is 28.2 Å². The zero-order valence-corrected chi connectivity index (χ0v) is 14.0. The molecule has 0 aliphatic heterocycles. The van der Waals surface area contributed by atoms with E-state index < -0.39 is 21.3 Å². The number of hydrogen-bond acceptors (Lipinski definition) is 5. The fourth-order valence-electron chi connectivity index (χ4n) is 2.30. The molecule has 2 aromatic heterocycles. The Morgan fingerprint density at radius 1 is 1.20 bits per heavy atom. The summed E-state index contributed by atoms with van der Waals surface area (Å²) in [5.74, 6) is 0. The standard InChI is InChI=1S/C15H15N5O4S/c1-10-13(9-20(18-10)8-11-5-3-2-4-6-11)25(23,24)19-12-7-16-15(22)17-14(12)21/h2-7,9,19H,8H2,1H3,(H2,16,17,21,22). The summed E-state index contributed by atoms with van der Waals surface area (Å²) in [6, 6.07) is 9.46. The van der Waals surface area contributed by atoms with Crippen LogP contribution in [0.15, 0.2) is 57.2 Å². The Kier molecular flexibility index (Phi) is 4.28. The number of hydrogen-bond donors (Lipinski definition) is 3. The van der Waals surface area contributed by atoms with E-state index in [2.05, 4.69) is 14.8 Å². The Morgan fingerprint density at radius 3 is 2.60 bits per heavy atom. The summed E-state index contributed by atoms with van der Waals surface area (Å²) in [5.41, 5.74) is -0.570. The molecule has 3 aromatic rings. The van der Waals surface area contributed by atoms with Crippen molar-refractivity contribution >= 4 is 15.7 Å². The van der Waals surface area contributed by atoms with Gasteiger partial charge in [0.2, 0.25) is 0 Å². The van der Waals surface area contributed by atoms with Crippen LogP contribution in [0.4, 0.5) is 5.69 Å². The molecule has 0 bridgehead atoms. The van der Waals surface area contributed by atoms with Gasteiger partial charge in [0.1, 0.15) is 10.6 Å². The van der Waals surface area contributed by atoms with Crippen molar-refractivity contribution in [2.45, 2.75) is 18.4 Å². The second-order valence-corrected chi connectivity index (χ2v) is 7.00. The molecule has 0 radical (unpaired) electrons. The van der Waals surface area contributed by atoms with Gasteiger partial charge in [-0.25, -0.2) is 13.2 Å². The molecule has 25 heavy (non-hydrogen) atoms. The maximum Gasteiger partial charge on any atom is 0.325 e. The quantitative estimate of drug-likeness (QED) is 0.606. The zero-order valence-electron chi connectivity index (χ0n) is 13.2. The van der Waals surface area contributed by atoms with Crippen LogP contribution in [0.5, 0.6) is 0 Å². The summed E-state index contributed by atoms with van der Waals surface area (Å²) in [6.45, 7) is 1.98. The van der Waals surface area contributed by atoms with E-state index in [4.69, 9.17) is 0 Å². The molecule has 0 saturated heterocycles. The van der Waals surface area contributed by atoms with Crippen LogP contribution in [0.2, 0.25) is 0 Å². The lowest BCUT2D eigenvalue weighted by atomic mass is 10.2. The number of aromatic nitrogens is 4. The van der Waals surface area contributed by atoms with Gasteiger partial charge in [-0.15, -0.1) is 0 Å². The summed E-state index contributed by atoms with van der Waals surface area (Å²) < 4.78 is 28.7. The Hall–Kier alpha value is -3.14.